The number of carbonyl (C=O) groups is 1. The molecule has 5 rings (SSSR count). The highest BCUT2D eigenvalue weighted by molar-refractivity contribution is 5.74. The maximum atomic E-state index is 13.5. The minimum absolute atomic E-state index is 0.00102. The van der Waals surface area contributed by atoms with Gasteiger partial charge in [-0.15, -0.1) is 0 Å². The molecule has 7 nitrogen and oxygen atoms in total. The molecule has 1 aliphatic carbocycles. The van der Waals surface area contributed by atoms with E-state index in [1.54, 1.807) is 21.2 Å². The van der Waals surface area contributed by atoms with Crippen LogP contribution in [0, 0.1) is 5.92 Å². The molecule has 1 aliphatic heterocycles. The van der Waals surface area contributed by atoms with E-state index in [1.165, 1.54) is 0 Å². The Morgan fingerprint density at radius 1 is 1.26 bits per heavy atom. The van der Waals surface area contributed by atoms with Gasteiger partial charge < -0.3 is 10.2 Å². The second-order valence-corrected chi connectivity index (χ2v) is 8.41. The summed E-state index contributed by atoms with van der Waals surface area (Å²) in [4.78, 5) is 13.7. The number of alkyl halides is 2. The Kier molecular flexibility index (Phi) is 4.56. The standard InChI is InChI=1S/C22H24F2N6O/c1-14(31)29-8-7-20-19(13-29)21(27-30(20)12-17-9-22(17,23)24)26-18-5-3-15(4-6-18)16-10-25-28(2)11-16/h3-6,10-11,17H,7-9,12-13H2,1-2H3,(H,26,27). The van der Waals surface area contributed by atoms with Crippen molar-refractivity contribution in [1.29, 1.82) is 0 Å². The summed E-state index contributed by atoms with van der Waals surface area (Å²) in [6.07, 6.45) is 4.29. The average Bonchev–Trinajstić information content (AvgIpc) is 3.05. The third-order valence-corrected chi connectivity index (χ3v) is 6.11. The van der Waals surface area contributed by atoms with Crippen LogP contribution in [0.2, 0.25) is 0 Å². The summed E-state index contributed by atoms with van der Waals surface area (Å²) < 4.78 is 30.5. The highest BCUT2D eigenvalue weighted by atomic mass is 19.3. The van der Waals surface area contributed by atoms with Gasteiger partial charge in [-0.05, 0) is 17.7 Å². The van der Waals surface area contributed by atoms with Crippen LogP contribution in [-0.2, 0) is 31.4 Å². The van der Waals surface area contributed by atoms with E-state index < -0.39 is 11.8 Å². The highest BCUT2D eigenvalue weighted by Gasteiger charge is 2.57. The summed E-state index contributed by atoms with van der Waals surface area (Å²) in [5.74, 6) is -2.62. The van der Waals surface area contributed by atoms with Gasteiger partial charge in [-0.1, -0.05) is 12.1 Å². The van der Waals surface area contributed by atoms with Crippen molar-refractivity contribution in [1.82, 2.24) is 24.5 Å². The number of hydrogen-bond acceptors (Lipinski definition) is 4. The van der Waals surface area contributed by atoms with Crippen LogP contribution in [0.1, 0.15) is 24.6 Å². The topological polar surface area (TPSA) is 68.0 Å². The summed E-state index contributed by atoms with van der Waals surface area (Å²) >= 11 is 0. The first-order valence-corrected chi connectivity index (χ1v) is 10.4. The van der Waals surface area contributed by atoms with Crippen molar-refractivity contribution in [2.24, 2.45) is 13.0 Å². The lowest BCUT2D eigenvalue weighted by Gasteiger charge is -2.26. The van der Waals surface area contributed by atoms with E-state index in [9.17, 15) is 13.6 Å². The molecule has 162 valence electrons. The van der Waals surface area contributed by atoms with Crippen molar-refractivity contribution in [2.45, 2.75) is 38.8 Å². The van der Waals surface area contributed by atoms with E-state index in [1.807, 2.05) is 43.7 Å². The number of halogens is 2. The second-order valence-electron chi connectivity index (χ2n) is 8.41. The molecule has 0 spiro atoms. The monoisotopic (exact) mass is 426 g/mol. The van der Waals surface area contributed by atoms with Crippen molar-refractivity contribution >= 4 is 17.4 Å². The third-order valence-electron chi connectivity index (χ3n) is 6.11. The molecule has 0 radical (unpaired) electrons. The Morgan fingerprint density at radius 3 is 2.61 bits per heavy atom. The summed E-state index contributed by atoms with van der Waals surface area (Å²) in [5, 5.41) is 12.2. The molecule has 3 heterocycles. The third kappa shape index (κ3) is 3.80. The SMILES string of the molecule is CC(=O)N1CCc2c(c(Nc3ccc(-c4cnn(C)c4)cc3)nn2CC2CC2(F)F)C1. The number of fused-ring (bicyclic) bond motifs is 1. The molecule has 9 heteroatoms. The van der Waals surface area contributed by atoms with Crippen LogP contribution in [0.4, 0.5) is 20.3 Å². The average molecular weight is 426 g/mol. The number of carbonyl (C=O) groups excluding carboxylic acids is 1. The van der Waals surface area contributed by atoms with Gasteiger partial charge in [0.05, 0.1) is 19.3 Å². The molecule has 31 heavy (non-hydrogen) atoms. The fourth-order valence-corrected chi connectivity index (χ4v) is 4.14. The predicted octanol–water partition coefficient (Wildman–Crippen LogP) is 3.59. The lowest BCUT2D eigenvalue weighted by atomic mass is 10.1. The zero-order valence-corrected chi connectivity index (χ0v) is 17.5. The molecule has 1 saturated carbocycles. The number of anilines is 2. The first kappa shape index (κ1) is 19.7. The van der Waals surface area contributed by atoms with Gasteiger partial charge in [0.15, 0.2) is 5.82 Å². The summed E-state index contributed by atoms with van der Waals surface area (Å²) in [6, 6.07) is 7.90. The Morgan fingerprint density at radius 2 is 2.00 bits per heavy atom. The van der Waals surface area contributed by atoms with E-state index in [0.29, 0.717) is 25.3 Å². The van der Waals surface area contributed by atoms with Crippen LogP contribution in [0.25, 0.3) is 11.1 Å². The van der Waals surface area contributed by atoms with Gasteiger partial charge in [-0.25, -0.2) is 8.78 Å². The number of nitrogens with zero attached hydrogens (tertiary/aromatic N) is 5. The predicted molar refractivity (Wildman–Crippen MR) is 112 cm³/mol. The fraction of sp³-hybridized carbons (Fsp3) is 0.409. The van der Waals surface area contributed by atoms with Crippen LogP contribution < -0.4 is 5.32 Å². The van der Waals surface area contributed by atoms with Crippen LogP contribution in [0.15, 0.2) is 36.7 Å². The van der Waals surface area contributed by atoms with E-state index in [4.69, 9.17) is 0 Å². The van der Waals surface area contributed by atoms with E-state index in [2.05, 4.69) is 15.5 Å². The number of amides is 1. The van der Waals surface area contributed by atoms with Crippen molar-refractivity contribution in [2.75, 3.05) is 11.9 Å². The van der Waals surface area contributed by atoms with E-state index in [-0.39, 0.29) is 18.9 Å². The van der Waals surface area contributed by atoms with Crippen molar-refractivity contribution in [3.05, 3.63) is 47.9 Å². The Hall–Kier alpha value is -3.23. The zero-order valence-electron chi connectivity index (χ0n) is 17.5. The maximum absolute atomic E-state index is 13.5. The number of nitrogens with one attached hydrogen (secondary N) is 1. The fourth-order valence-electron chi connectivity index (χ4n) is 4.14. The number of benzene rings is 1. The summed E-state index contributed by atoms with van der Waals surface area (Å²) in [5.41, 5.74) is 4.76. The van der Waals surface area contributed by atoms with Gasteiger partial charge in [0.2, 0.25) is 5.91 Å². The van der Waals surface area contributed by atoms with Gasteiger partial charge in [-0.3, -0.25) is 14.2 Å². The second kappa shape index (κ2) is 7.18. The minimum atomic E-state index is -2.59. The van der Waals surface area contributed by atoms with Crippen LogP contribution in [-0.4, -0.2) is 42.8 Å². The van der Waals surface area contributed by atoms with E-state index in [0.717, 1.165) is 28.1 Å². The van der Waals surface area contributed by atoms with Crippen LogP contribution in [0.3, 0.4) is 0 Å². The first-order valence-electron chi connectivity index (χ1n) is 10.4. The number of aromatic nitrogens is 4. The normalized spacial score (nSPS) is 19.2. The molecule has 2 aromatic heterocycles. The molecular weight excluding hydrogens is 402 g/mol. The number of rotatable bonds is 5. The van der Waals surface area contributed by atoms with Crippen LogP contribution >= 0.6 is 0 Å². The quantitative estimate of drug-likeness (QED) is 0.677. The Labute approximate surface area is 178 Å². The number of hydrogen-bond donors (Lipinski definition) is 1. The molecule has 0 bridgehead atoms. The minimum Gasteiger partial charge on any atom is -0.338 e. The lowest BCUT2D eigenvalue weighted by Crippen LogP contribution is -2.34. The maximum Gasteiger partial charge on any atom is 0.253 e. The van der Waals surface area contributed by atoms with Gasteiger partial charge in [-0.2, -0.15) is 10.2 Å². The Bertz CT molecular complexity index is 1130. The van der Waals surface area contributed by atoms with Crippen molar-refractivity contribution in [3.63, 3.8) is 0 Å². The van der Waals surface area contributed by atoms with Crippen molar-refractivity contribution < 1.29 is 13.6 Å². The van der Waals surface area contributed by atoms with Gasteiger partial charge in [0.25, 0.3) is 5.92 Å². The number of aryl methyl sites for hydroxylation is 1. The zero-order chi connectivity index (χ0) is 21.8. The van der Waals surface area contributed by atoms with Gasteiger partial charge >= 0.3 is 0 Å². The molecule has 2 aliphatic rings. The molecule has 1 aromatic carbocycles. The van der Waals surface area contributed by atoms with Crippen molar-refractivity contribution in [3.8, 4) is 11.1 Å². The van der Waals surface area contributed by atoms with Gasteiger partial charge in [0, 0.05) is 68.0 Å². The highest BCUT2D eigenvalue weighted by Crippen LogP contribution is 2.49. The Balaban J connectivity index is 1.41. The smallest absolute Gasteiger partial charge is 0.253 e. The summed E-state index contributed by atoms with van der Waals surface area (Å²) in [6.45, 7) is 2.76. The molecule has 1 fully saturated rings. The molecule has 3 aromatic rings. The molecule has 1 unspecified atom stereocenters. The molecule has 0 saturated heterocycles. The molecule has 1 atom stereocenters. The lowest BCUT2D eigenvalue weighted by molar-refractivity contribution is -0.129. The molecular formula is C22H24F2N6O. The first-order chi connectivity index (χ1) is 14.8. The van der Waals surface area contributed by atoms with Gasteiger partial charge in [0.1, 0.15) is 0 Å². The van der Waals surface area contributed by atoms with Crippen LogP contribution in [0.5, 0.6) is 0 Å². The largest absolute Gasteiger partial charge is 0.338 e. The van der Waals surface area contributed by atoms with E-state index >= 15 is 0 Å². The molecule has 1 amide bonds. The molecule has 1 N–H and O–H groups in total. The summed E-state index contributed by atoms with van der Waals surface area (Å²) in [7, 11) is 1.88.